The zero-order valence-corrected chi connectivity index (χ0v) is 14.7. The Bertz CT molecular complexity index is 1210. The van der Waals surface area contributed by atoms with Gasteiger partial charge < -0.3 is 5.11 Å². The maximum atomic E-state index is 13.7. The Morgan fingerprint density at radius 3 is 2.30 bits per heavy atom. The highest BCUT2D eigenvalue weighted by atomic mass is 32.2. The number of rotatable bonds is 3. The summed E-state index contributed by atoms with van der Waals surface area (Å²) >= 11 is 0. The van der Waals surface area contributed by atoms with E-state index in [0.29, 0.717) is 5.39 Å². The van der Waals surface area contributed by atoms with Crippen molar-refractivity contribution in [2.45, 2.75) is 10.5 Å². The van der Waals surface area contributed by atoms with Gasteiger partial charge in [0.25, 0.3) is 10.0 Å². The van der Waals surface area contributed by atoms with Crippen LogP contribution in [0.4, 0.5) is 4.39 Å². The summed E-state index contributed by atoms with van der Waals surface area (Å²) in [6.45, 7) is 0. The molecule has 0 amide bonds. The first-order valence-corrected chi connectivity index (χ1v) is 9.52. The minimum absolute atomic E-state index is 0.00745. The van der Waals surface area contributed by atoms with Crippen LogP contribution in [-0.2, 0) is 20.4 Å². The molecule has 1 N–H and O–H groups in total. The average Bonchev–Trinajstić information content (AvgIpc) is 3.05. The molecule has 3 aromatic rings. The number of aliphatic hydroxyl groups is 1. The van der Waals surface area contributed by atoms with E-state index in [0.717, 1.165) is 22.2 Å². The average molecular weight is 383 g/mol. The molecule has 27 heavy (non-hydrogen) atoms. The molecule has 1 heterocycles. The molecule has 0 radical (unpaired) electrons. The summed E-state index contributed by atoms with van der Waals surface area (Å²) < 4.78 is 41.3. The molecule has 1 aliphatic carbocycles. The van der Waals surface area contributed by atoms with Gasteiger partial charge in [0, 0.05) is 5.39 Å². The summed E-state index contributed by atoms with van der Waals surface area (Å²) in [6, 6.07) is 12.8. The molecule has 0 bridgehead atoms. The Balaban J connectivity index is 2.06. The molecule has 0 aliphatic heterocycles. The number of carbonyl (C=O) groups excluding carboxylic acids is 1. The Hall–Kier alpha value is -3.03. The second-order valence-corrected chi connectivity index (χ2v) is 8.00. The Morgan fingerprint density at radius 2 is 1.63 bits per heavy atom. The van der Waals surface area contributed by atoms with E-state index in [2.05, 4.69) is 0 Å². The standard InChI is InChI=1S/C20H14FNO4S/c21-15-6-7-18-14(12-15)13-19(20(24)10-8-16(23)9-11-20)22(18)27(25,26)17-4-2-1-3-5-17/h1-13,24H. The van der Waals surface area contributed by atoms with Crippen LogP contribution in [0.2, 0.25) is 0 Å². The highest BCUT2D eigenvalue weighted by molar-refractivity contribution is 7.90. The van der Waals surface area contributed by atoms with Crippen LogP contribution < -0.4 is 0 Å². The predicted molar refractivity (Wildman–Crippen MR) is 98.1 cm³/mol. The van der Waals surface area contributed by atoms with Gasteiger partial charge in [0.2, 0.25) is 0 Å². The molecule has 7 heteroatoms. The normalized spacial score (nSPS) is 16.1. The van der Waals surface area contributed by atoms with Crippen molar-refractivity contribution in [3.63, 3.8) is 0 Å². The number of fused-ring (bicyclic) bond motifs is 1. The van der Waals surface area contributed by atoms with Gasteiger partial charge in [-0.2, -0.15) is 0 Å². The SMILES string of the molecule is O=C1C=CC(O)(c2cc3cc(F)ccc3n2S(=O)(=O)c2ccccc2)C=C1. The maximum Gasteiger partial charge on any atom is 0.268 e. The molecule has 1 aromatic heterocycles. The van der Waals surface area contributed by atoms with Gasteiger partial charge in [-0.15, -0.1) is 0 Å². The Kier molecular flexibility index (Phi) is 3.87. The van der Waals surface area contributed by atoms with Crippen LogP contribution in [0.5, 0.6) is 0 Å². The van der Waals surface area contributed by atoms with Crippen LogP contribution in [0.25, 0.3) is 10.9 Å². The molecule has 2 aromatic carbocycles. The molecule has 5 nitrogen and oxygen atoms in total. The largest absolute Gasteiger partial charge is 0.376 e. The molecule has 4 rings (SSSR count). The molecular weight excluding hydrogens is 369 g/mol. The van der Waals surface area contributed by atoms with E-state index in [1.54, 1.807) is 18.2 Å². The predicted octanol–water partition coefficient (Wildman–Crippen LogP) is 2.90. The first kappa shape index (κ1) is 17.4. The van der Waals surface area contributed by atoms with E-state index in [-0.39, 0.29) is 21.9 Å². The third kappa shape index (κ3) is 2.81. The monoisotopic (exact) mass is 383 g/mol. The van der Waals surface area contributed by atoms with E-state index in [1.165, 1.54) is 42.5 Å². The van der Waals surface area contributed by atoms with Crippen molar-refractivity contribution in [2.75, 3.05) is 0 Å². The number of hydrogen-bond donors (Lipinski definition) is 1. The van der Waals surface area contributed by atoms with Crippen LogP contribution in [-0.4, -0.2) is 23.3 Å². The zero-order chi connectivity index (χ0) is 19.2. The highest BCUT2D eigenvalue weighted by Gasteiger charge is 2.34. The second-order valence-electron chi connectivity index (χ2n) is 6.21. The van der Waals surface area contributed by atoms with Gasteiger partial charge in [-0.1, -0.05) is 18.2 Å². The molecule has 0 fully saturated rings. The number of nitrogens with zero attached hydrogens (tertiary/aromatic N) is 1. The van der Waals surface area contributed by atoms with Crippen molar-refractivity contribution >= 4 is 26.7 Å². The molecule has 0 atom stereocenters. The topological polar surface area (TPSA) is 76.4 Å². The van der Waals surface area contributed by atoms with Crippen molar-refractivity contribution in [1.29, 1.82) is 0 Å². The number of benzene rings is 2. The lowest BCUT2D eigenvalue weighted by molar-refractivity contribution is -0.110. The fraction of sp³-hybridized carbons (Fsp3) is 0.0500. The van der Waals surface area contributed by atoms with Crippen molar-refractivity contribution < 1.29 is 22.7 Å². The summed E-state index contributed by atoms with van der Waals surface area (Å²) in [5, 5.41) is 11.3. The quantitative estimate of drug-likeness (QED) is 0.755. The third-order valence-corrected chi connectivity index (χ3v) is 6.16. The highest BCUT2D eigenvalue weighted by Crippen LogP contribution is 2.35. The van der Waals surface area contributed by atoms with Crippen molar-refractivity contribution in [3.8, 4) is 0 Å². The van der Waals surface area contributed by atoms with Gasteiger partial charge in [-0.25, -0.2) is 16.8 Å². The lowest BCUT2D eigenvalue weighted by Crippen LogP contribution is -2.29. The summed E-state index contributed by atoms with van der Waals surface area (Å²) in [4.78, 5) is 11.5. The van der Waals surface area contributed by atoms with Crippen molar-refractivity contribution in [3.05, 3.63) is 90.4 Å². The summed E-state index contributed by atoms with van der Waals surface area (Å²) in [7, 11) is -4.09. The van der Waals surface area contributed by atoms with Crippen LogP contribution in [0, 0.1) is 5.82 Å². The van der Waals surface area contributed by atoms with Gasteiger partial charge in [-0.3, -0.25) is 4.79 Å². The number of halogens is 1. The van der Waals surface area contributed by atoms with Crippen LogP contribution in [0.15, 0.2) is 83.8 Å². The minimum atomic E-state index is -4.09. The molecule has 0 saturated heterocycles. The zero-order valence-electron chi connectivity index (χ0n) is 13.9. The molecule has 0 saturated carbocycles. The molecule has 1 aliphatic rings. The minimum Gasteiger partial charge on any atom is -0.376 e. The number of carbonyl (C=O) groups is 1. The summed E-state index contributed by atoms with van der Waals surface area (Å²) in [6.07, 6.45) is 4.77. The smallest absolute Gasteiger partial charge is 0.268 e. The number of hydrogen-bond acceptors (Lipinski definition) is 4. The van der Waals surface area contributed by atoms with Crippen molar-refractivity contribution in [2.24, 2.45) is 0 Å². The van der Waals surface area contributed by atoms with Gasteiger partial charge in [-0.05, 0) is 60.7 Å². The lowest BCUT2D eigenvalue weighted by Gasteiger charge is -2.24. The van der Waals surface area contributed by atoms with Gasteiger partial charge in [0.1, 0.15) is 11.4 Å². The fourth-order valence-corrected chi connectivity index (χ4v) is 4.69. The number of allylic oxidation sites excluding steroid dienone is 2. The van der Waals surface area contributed by atoms with E-state index in [4.69, 9.17) is 0 Å². The molecule has 0 spiro atoms. The molecule has 0 unspecified atom stereocenters. The summed E-state index contributed by atoms with van der Waals surface area (Å²) in [5.74, 6) is -0.848. The first-order chi connectivity index (χ1) is 12.8. The Morgan fingerprint density at radius 1 is 0.963 bits per heavy atom. The number of ketones is 1. The van der Waals surface area contributed by atoms with Gasteiger partial charge in [0.05, 0.1) is 16.1 Å². The van der Waals surface area contributed by atoms with Crippen LogP contribution >= 0.6 is 0 Å². The maximum absolute atomic E-state index is 13.7. The third-order valence-electron chi connectivity index (χ3n) is 4.41. The fourth-order valence-electron chi connectivity index (χ4n) is 3.10. The lowest BCUT2D eigenvalue weighted by atomic mass is 9.94. The Labute approximate surface area is 154 Å². The molecule has 136 valence electrons. The van der Waals surface area contributed by atoms with E-state index >= 15 is 0 Å². The van der Waals surface area contributed by atoms with Gasteiger partial charge >= 0.3 is 0 Å². The molecular formula is C20H14FNO4S. The van der Waals surface area contributed by atoms with Crippen LogP contribution in [0.1, 0.15) is 5.69 Å². The van der Waals surface area contributed by atoms with Gasteiger partial charge in [0.15, 0.2) is 5.78 Å². The van der Waals surface area contributed by atoms with E-state index in [1.807, 2.05) is 0 Å². The van der Waals surface area contributed by atoms with E-state index < -0.39 is 21.4 Å². The summed E-state index contributed by atoms with van der Waals surface area (Å²) in [5.41, 5.74) is -1.61. The van der Waals surface area contributed by atoms with Crippen LogP contribution in [0.3, 0.4) is 0 Å². The second kappa shape index (κ2) is 6.00. The van der Waals surface area contributed by atoms with Crippen molar-refractivity contribution in [1.82, 2.24) is 3.97 Å². The van der Waals surface area contributed by atoms with E-state index in [9.17, 15) is 22.7 Å². The first-order valence-electron chi connectivity index (χ1n) is 8.08. The number of aromatic nitrogens is 1.